The highest BCUT2D eigenvalue weighted by Gasteiger charge is 2.31. The summed E-state index contributed by atoms with van der Waals surface area (Å²) < 4.78 is 7.21. The first-order valence-electron chi connectivity index (χ1n) is 12.1. The number of carbonyl (C=O) groups excluding carboxylic acids is 4. The fraction of sp³-hybridized carbons (Fsp3) is 0.308. The Morgan fingerprint density at radius 2 is 1.97 bits per heavy atom. The molecule has 2 aromatic heterocycles. The Labute approximate surface area is 217 Å². The molecular formula is C26H27N7O5. The molecule has 5 N–H and O–H groups in total. The summed E-state index contributed by atoms with van der Waals surface area (Å²) in [6.07, 6.45) is 2.41. The fourth-order valence-corrected chi connectivity index (χ4v) is 4.83. The Kier molecular flexibility index (Phi) is 6.64. The van der Waals surface area contributed by atoms with Gasteiger partial charge in [0.2, 0.25) is 11.8 Å². The van der Waals surface area contributed by atoms with Gasteiger partial charge in [0.25, 0.3) is 11.8 Å². The Morgan fingerprint density at radius 3 is 2.74 bits per heavy atom. The largest absolute Gasteiger partial charge is 0.376 e. The molecule has 12 nitrogen and oxygen atoms in total. The molecule has 0 radical (unpaired) electrons. The lowest BCUT2D eigenvalue weighted by Gasteiger charge is -2.15. The van der Waals surface area contributed by atoms with Gasteiger partial charge in [-0.05, 0) is 36.1 Å². The number of fused-ring (bicyclic) bond motifs is 2. The highest BCUT2D eigenvalue weighted by atomic mass is 16.5. The third kappa shape index (κ3) is 4.98. The zero-order valence-corrected chi connectivity index (χ0v) is 20.6. The van der Waals surface area contributed by atoms with Crippen LogP contribution in [0.3, 0.4) is 0 Å². The predicted molar refractivity (Wildman–Crippen MR) is 135 cm³/mol. The zero-order chi connectivity index (χ0) is 27.0. The quantitative estimate of drug-likeness (QED) is 0.344. The number of rotatable bonds is 9. The summed E-state index contributed by atoms with van der Waals surface area (Å²) >= 11 is 0. The zero-order valence-electron chi connectivity index (χ0n) is 20.6. The number of nitrogens with two attached hydrogens (primary N) is 2. The lowest BCUT2D eigenvalue weighted by atomic mass is 10.0. The summed E-state index contributed by atoms with van der Waals surface area (Å²) in [5.74, 6) is -1.04. The van der Waals surface area contributed by atoms with Crippen LogP contribution < -0.4 is 16.8 Å². The van der Waals surface area contributed by atoms with Crippen LogP contribution in [0.15, 0.2) is 48.7 Å². The van der Waals surface area contributed by atoms with Crippen molar-refractivity contribution in [2.75, 3.05) is 19.7 Å². The first-order valence-corrected chi connectivity index (χ1v) is 12.1. The second-order valence-electron chi connectivity index (χ2n) is 9.55. The number of benzene rings is 1. The molecule has 0 saturated carbocycles. The van der Waals surface area contributed by atoms with Crippen LogP contribution in [0.25, 0.3) is 17.0 Å². The molecule has 1 aromatic carbocycles. The molecule has 2 unspecified atom stereocenters. The molecule has 0 aliphatic carbocycles. The van der Waals surface area contributed by atoms with Crippen LogP contribution in [0.1, 0.15) is 39.1 Å². The number of ether oxygens (including phenoxy) is 1. The molecule has 0 bridgehead atoms. The monoisotopic (exact) mass is 517 g/mol. The van der Waals surface area contributed by atoms with E-state index < -0.39 is 5.91 Å². The first kappa shape index (κ1) is 25.1. The summed E-state index contributed by atoms with van der Waals surface area (Å²) in [6, 6.07) is 8.57. The van der Waals surface area contributed by atoms with Crippen molar-refractivity contribution in [3.05, 3.63) is 65.4 Å². The number of hydrogen-bond donors (Lipinski definition) is 3. The van der Waals surface area contributed by atoms with Gasteiger partial charge in [-0.1, -0.05) is 18.7 Å². The number of primary amides is 2. The summed E-state index contributed by atoms with van der Waals surface area (Å²) in [4.78, 5) is 54.2. The molecule has 2 atom stereocenters. The summed E-state index contributed by atoms with van der Waals surface area (Å²) in [5.41, 5.74) is 13.5. The van der Waals surface area contributed by atoms with E-state index in [4.69, 9.17) is 16.2 Å². The molecule has 1 fully saturated rings. The molecule has 1 saturated heterocycles. The Hall–Kier alpha value is -4.58. The number of carbonyl (C=O) groups is 4. The van der Waals surface area contributed by atoms with Gasteiger partial charge in [0.15, 0.2) is 11.5 Å². The number of pyridine rings is 1. The van der Waals surface area contributed by atoms with E-state index in [1.54, 1.807) is 35.0 Å². The number of nitrogens with one attached hydrogen (secondary N) is 1. The number of amides is 4. The molecule has 38 heavy (non-hydrogen) atoms. The van der Waals surface area contributed by atoms with E-state index in [1.807, 2.05) is 6.07 Å². The van der Waals surface area contributed by atoms with E-state index in [0.29, 0.717) is 47.7 Å². The van der Waals surface area contributed by atoms with Crippen molar-refractivity contribution in [3.63, 3.8) is 0 Å². The highest BCUT2D eigenvalue weighted by Crippen LogP contribution is 2.32. The molecule has 12 heteroatoms. The molecule has 4 heterocycles. The second kappa shape index (κ2) is 10.1. The van der Waals surface area contributed by atoms with Crippen LogP contribution in [-0.2, 0) is 20.9 Å². The van der Waals surface area contributed by atoms with Gasteiger partial charge in [-0.15, -0.1) is 5.10 Å². The van der Waals surface area contributed by atoms with Crippen molar-refractivity contribution in [2.24, 2.45) is 17.4 Å². The maximum atomic E-state index is 12.9. The lowest BCUT2D eigenvalue weighted by Crippen LogP contribution is -2.32. The topological polar surface area (TPSA) is 175 Å². The SMILES string of the molecule is C=C(CN1Cc2c(cccc2-c2nc3cc(C(=O)NCC4CC(CC(N)=O)CO4)ccn3n2)C1=O)C(N)=O. The molecule has 4 amide bonds. The lowest BCUT2D eigenvalue weighted by molar-refractivity contribution is -0.119. The van der Waals surface area contributed by atoms with Gasteiger partial charge in [0.05, 0.1) is 19.3 Å². The number of nitrogens with zero attached hydrogens (tertiary/aromatic N) is 4. The molecule has 5 rings (SSSR count). The smallest absolute Gasteiger partial charge is 0.254 e. The number of aromatic nitrogens is 3. The van der Waals surface area contributed by atoms with Crippen molar-refractivity contribution in [3.8, 4) is 11.4 Å². The molecule has 0 spiro atoms. The summed E-state index contributed by atoms with van der Waals surface area (Å²) in [5, 5.41) is 7.40. The van der Waals surface area contributed by atoms with Crippen LogP contribution in [-0.4, -0.2) is 68.9 Å². The minimum atomic E-state index is -0.654. The molecule has 196 valence electrons. The van der Waals surface area contributed by atoms with Gasteiger partial charge in [0, 0.05) is 48.0 Å². The van der Waals surface area contributed by atoms with Crippen LogP contribution >= 0.6 is 0 Å². The Balaban J connectivity index is 1.30. The van der Waals surface area contributed by atoms with E-state index in [-0.39, 0.29) is 54.8 Å². The molecule has 2 aliphatic rings. The van der Waals surface area contributed by atoms with Crippen LogP contribution in [0.2, 0.25) is 0 Å². The Bertz CT molecular complexity index is 1480. The third-order valence-electron chi connectivity index (χ3n) is 6.76. The minimum absolute atomic E-state index is 0.0387. The van der Waals surface area contributed by atoms with E-state index in [2.05, 4.69) is 22.0 Å². The van der Waals surface area contributed by atoms with Gasteiger partial charge in [-0.2, -0.15) is 0 Å². The molecular weight excluding hydrogens is 490 g/mol. The van der Waals surface area contributed by atoms with Gasteiger partial charge >= 0.3 is 0 Å². The van der Waals surface area contributed by atoms with Gasteiger partial charge in [0.1, 0.15) is 0 Å². The second-order valence-corrected chi connectivity index (χ2v) is 9.55. The van der Waals surface area contributed by atoms with E-state index in [9.17, 15) is 19.2 Å². The standard InChI is InChI=1S/C26H27N7O5/c1-14(23(28)35)11-32-12-20-18(3-2-4-19(20)26(32)37)24-30-22-9-16(5-6-33(22)31-24)25(36)29-10-17-7-15(13-38-17)8-21(27)34/h2-6,9,15,17H,1,7-8,10-13H2,(H2,27,34)(H2,28,35)(H,29,36). The van der Waals surface area contributed by atoms with Crippen molar-refractivity contribution in [2.45, 2.75) is 25.5 Å². The average molecular weight is 518 g/mol. The van der Waals surface area contributed by atoms with Crippen molar-refractivity contribution in [1.29, 1.82) is 0 Å². The van der Waals surface area contributed by atoms with Gasteiger partial charge in [-0.25, -0.2) is 9.50 Å². The predicted octanol–water partition coefficient (Wildman–Crippen LogP) is 0.404. The first-order chi connectivity index (χ1) is 18.2. The van der Waals surface area contributed by atoms with Gasteiger partial charge < -0.3 is 26.4 Å². The summed E-state index contributed by atoms with van der Waals surface area (Å²) in [6.45, 7) is 4.72. The van der Waals surface area contributed by atoms with Crippen molar-refractivity contribution < 1.29 is 23.9 Å². The highest BCUT2D eigenvalue weighted by molar-refractivity contribution is 6.01. The molecule has 2 aliphatic heterocycles. The minimum Gasteiger partial charge on any atom is -0.376 e. The maximum Gasteiger partial charge on any atom is 0.254 e. The summed E-state index contributed by atoms with van der Waals surface area (Å²) in [7, 11) is 0. The van der Waals surface area contributed by atoms with E-state index in [0.717, 1.165) is 5.56 Å². The van der Waals surface area contributed by atoms with Crippen LogP contribution in [0, 0.1) is 5.92 Å². The van der Waals surface area contributed by atoms with Crippen LogP contribution in [0.5, 0.6) is 0 Å². The van der Waals surface area contributed by atoms with Crippen molar-refractivity contribution >= 4 is 29.3 Å². The van der Waals surface area contributed by atoms with Crippen molar-refractivity contribution in [1.82, 2.24) is 24.8 Å². The average Bonchev–Trinajstić information content (AvgIpc) is 3.59. The van der Waals surface area contributed by atoms with Gasteiger partial charge in [-0.3, -0.25) is 19.2 Å². The van der Waals surface area contributed by atoms with Crippen LogP contribution in [0.4, 0.5) is 0 Å². The Morgan fingerprint density at radius 1 is 1.18 bits per heavy atom. The molecule has 3 aromatic rings. The normalized spacial score (nSPS) is 18.5. The fourth-order valence-electron chi connectivity index (χ4n) is 4.83. The van der Waals surface area contributed by atoms with E-state index >= 15 is 0 Å². The number of hydrogen-bond acceptors (Lipinski definition) is 7. The van der Waals surface area contributed by atoms with E-state index in [1.165, 1.54) is 4.90 Å². The third-order valence-corrected chi connectivity index (χ3v) is 6.76. The maximum absolute atomic E-state index is 12.9.